The molecule has 34 heavy (non-hydrogen) atoms. The van der Waals surface area contributed by atoms with Crippen molar-refractivity contribution in [3.63, 3.8) is 0 Å². The van der Waals surface area contributed by atoms with Crippen molar-refractivity contribution in [3.8, 4) is 0 Å². The van der Waals surface area contributed by atoms with E-state index in [2.05, 4.69) is 39.7 Å². The SMILES string of the molecule is CCCCCCCCC=CCCCCCCCC1=[N+](CCO)CCN1CC.CCOS(=O)(=O)[O-]. The van der Waals surface area contributed by atoms with Crippen LogP contribution in [0.25, 0.3) is 0 Å². The van der Waals surface area contributed by atoms with E-state index in [1.165, 1.54) is 103 Å². The fourth-order valence-corrected chi connectivity index (χ4v) is 4.50. The zero-order valence-corrected chi connectivity index (χ0v) is 23.0. The summed E-state index contributed by atoms with van der Waals surface area (Å²) in [5.74, 6) is 1.48. The third-order valence-electron chi connectivity index (χ3n) is 6.05. The van der Waals surface area contributed by atoms with E-state index in [1.54, 1.807) is 0 Å². The second kappa shape index (κ2) is 22.5. The van der Waals surface area contributed by atoms with E-state index in [1.807, 2.05) is 0 Å². The van der Waals surface area contributed by atoms with Crippen LogP contribution in [0.1, 0.15) is 111 Å². The standard InChI is InChI=1S/C24H47N2O.C2H6O4S/c1-3-5-6-7-8-9-10-11-12-13-14-15-16-17-18-19-24-25(4-2)20-21-26(24)22-23-27;1-2-6-7(3,4)5/h11-12,27H,3-10,13-23H2,1-2H3;2H2,1H3,(H,3,4,5)/q+1;/p-1. The summed E-state index contributed by atoms with van der Waals surface area (Å²) in [6.45, 7) is 10.3. The molecule has 0 radical (unpaired) electrons. The second-order valence-corrected chi connectivity index (χ2v) is 9.91. The molecule has 0 aliphatic carbocycles. The van der Waals surface area contributed by atoms with Gasteiger partial charge in [0.05, 0.1) is 19.8 Å². The molecule has 1 N–H and O–H groups in total. The number of aliphatic hydroxyl groups excluding tert-OH is 1. The first-order chi connectivity index (χ1) is 16.4. The van der Waals surface area contributed by atoms with Crippen LogP contribution in [-0.4, -0.2) is 72.8 Å². The smallest absolute Gasteiger partial charge is 0.247 e. The number of aliphatic hydroxyl groups is 1. The number of β-amino-alcohol motifs (C(OH)–C–C–N with tert-alkyl or cyclic N) is 1. The van der Waals surface area contributed by atoms with Gasteiger partial charge in [0.1, 0.15) is 19.6 Å². The molecule has 0 amide bonds. The molecule has 0 spiro atoms. The van der Waals surface area contributed by atoms with Crippen LogP contribution in [0.4, 0.5) is 0 Å². The van der Waals surface area contributed by atoms with Gasteiger partial charge in [0.2, 0.25) is 16.2 Å². The highest BCUT2D eigenvalue weighted by Crippen LogP contribution is 2.13. The largest absolute Gasteiger partial charge is 0.726 e. The lowest BCUT2D eigenvalue weighted by molar-refractivity contribution is -0.521. The van der Waals surface area contributed by atoms with Crippen molar-refractivity contribution in [1.82, 2.24) is 4.90 Å². The van der Waals surface area contributed by atoms with Crippen LogP contribution in [-0.2, 0) is 14.6 Å². The molecule has 0 unspecified atom stereocenters. The van der Waals surface area contributed by atoms with Crippen molar-refractivity contribution < 1.29 is 26.8 Å². The quantitative estimate of drug-likeness (QED) is 0.0801. The molecule has 1 aliphatic rings. The Hall–Kier alpha value is -0.960. The van der Waals surface area contributed by atoms with Crippen molar-refractivity contribution >= 4 is 16.2 Å². The van der Waals surface area contributed by atoms with E-state index >= 15 is 0 Å². The van der Waals surface area contributed by atoms with Gasteiger partial charge >= 0.3 is 0 Å². The van der Waals surface area contributed by atoms with E-state index in [0.717, 1.165) is 26.2 Å². The topological polar surface area (TPSA) is 92.9 Å². The van der Waals surface area contributed by atoms with E-state index in [0.29, 0.717) is 0 Å². The lowest BCUT2D eigenvalue weighted by Gasteiger charge is -2.11. The number of hydrogen-bond donors (Lipinski definition) is 1. The molecule has 202 valence electrons. The number of nitrogens with zero attached hydrogens (tertiary/aromatic N) is 2. The molecule has 0 atom stereocenters. The van der Waals surface area contributed by atoms with Crippen LogP contribution in [0, 0.1) is 0 Å². The van der Waals surface area contributed by atoms with E-state index < -0.39 is 10.4 Å². The maximum absolute atomic E-state index is 9.45. The fraction of sp³-hybridized carbons (Fsp3) is 0.885. The number of hydrogen-bond acceptors (Lipinski definition) is 6. The second-order valence-electron chi connectivity index (χ2n) is 8.86. The Balaban J connectivity index is 0.00000135. The number of allylic oxidation sites excluding steroid dienone is 2. The van der Waals surface area contributed by atoms with Gasteiger partial charge in [-0.15, -0.1) is 0 Å². The van der Waals surface area contributed by atoms with Gasteiger partial charge < -0.3 is 9.66 Å². The molecule has 0 saturated carbocycles. The molecule has 0 fully saturated rings. The summed E-state index contributed by atoms with van der Waals surface area (Å²) in [7, 11) is -4.42. The first-order valence-corrected chi connectivity index (χ1v) is 14.9. The monoisotopic (exact) mass is 504 g/mol. The summed E-state index contributed by atoms with van der Waals surface area (Å²) in [5, 5.41) is 9.23. The zero-order chi connectivity index (χ0) is 25.5. The van der Waals surface area contributed by atoms with Crippen molar-refractivity contribution in [3.05, 3.63) is 12.2 Å². The molecule has 1 heterocycles. The highest BCUT2D eigenvalue weighted by atomic mass is 32.3. The number of rotatable bonds is 20. The Morgan fingerprint density at radius 2 is 1.50 bits per heavy atom. The van der Waals surface area contributed by atoms with Gasteiger partial charge in [-0.1, -0.05) is 70.4 Å². The van der Waals surface area contributed by atoms with Crippen LogP contribution < -0.4 is 0 Å². The van der Waals surface area contributed by atoms with Gasteiger partial charge in [-0.25, -0.2) is 8.42 Å². The van der Waals surface area contributed by atoms with Crippen LogP contribution >= 0.6 is 0 Å². The van der Waals surface area contributed by atoms with Crippen LogP contribution in [0.15, 0.2) is 12.2 Å². The Kier molecular flexibility index (Phi) is 21.9. The number of likely N-dealkylation sites (N-methyl/N-ethyl adjacent to an activating group) is 1. The molecule has 1 rings (SSSR count). The normalized spacial score (nSPS) is 14.2. The van der Waals surface area contributed by atoms with Gasteiger partial charge in [-0.3, -0.25) is 13.7 Å². The van der Waals surface area contributed by atoms with Crippen molar-refractivity contribution in [1.29, 1.82) is 0 Å². The summed E-state index contributed by atoms with van der Waals surface area (Å²) in [6, 6.07) is 0. The predicted octanol–water partition coefficient (Wildman–Crippen LogP) is 5.25. The van der Waals surface area contributed by atoms with Crippen LogP contribution in [0.3, 0.4) is 0 Å². The van der Waals surface area contributed by atoms with E-state index in [9.17, 15) is 18.1 Å². The molecule has 0 bridgehead atoms. The van der Waals surface area contributed by atoms with Crippen LogP contribution in [0.2, 0.25) is 0 Å². The van der Waals surface area contributed by atoms with Gasteiger partial charge in [0.15, 0.2) is 0 Å². The molecule has 7 nitrogen and oxygen atoms in total. The predicted molar refractivity (Wildman–Crippen MR) is 140 cm³/mol. The molecule has 8 heteroatoms. The van der Waals surface area contributed by atoms with Crippen molar-refractivity contribution in [2.24, 2.45) is 0 Å². The third kappa shape index (κ3) is 19.4. The average Bonchev–Trinajstić information content (AvgIpc) is 3.18. The first kappa shape index (κ1) is 33.0. The van der Waals surface area contributed by atoms with E-state index in [4.69, 9.17) is 0 Å². The summed E-state index contributed by atoms with van der Waals surface area (Å²) in [6.07, 6.45) is 23.7. The molecule has 0 saturated heterocycles. The maximum atomic E-state index is 9.45. The Morgan fingerprint density at radius 3 is 1.97 bits per heavy atom. The molecule has 0 aromatic carbocycles. The average molecular weight is 505 g/mol. The lowest BCUT2D eigenvalue weighted by atomic mass is 10.1. The highest BCUT2D eigenvalue weighted by Gasteiger charge is 2.27. The molecular formula is C26H52N2O5S. The number of unbranched alkanes of at least 4 members (excludes halogenated alkanes) is 11. The Labute approximate surface area is 210 Å². The summed E-state index contributed by atoms with van der Waals surface area (Å²) < 4.78 is 34.4. The molecule has 0 aromatic heterocycles. The minimum atomic E-state index is -4.42. The van der Waals surface area contributed by atoms with Gasteiger partial charge in [-0.05, 0) is 46.0 Å². The molecule has 1 aliphatic heterocycles. The summed E-state index contributed by atoms with van der Waals surface area (Å²) in [4.78, 5) is 2.49. The minimum Gasteiger partial charge on any atom is -0.726 e. The molecule has 0 aromatic rings. The summed E-state index contributed by atoms with van der Waals surface area (Å²) in [5.41, 5.74) is 0. The zero-order valence-electron chi connectivity index (χ0n) is 22.2. The number of amidine groups is 1. The van der Waals surface area contributed by atoms with Crippen molar-refractivity contribution in [2.45, 2.75) is 111 Å². The maximum Gasteiger partial charge on any atom is 0.247 e. The van der Waals surface area contributed by atoms with E-state index in [-0.39, 0.29) is 13.2 Å². The molecular weight excluding hydrogens is 452 g/mol. The fourth-order valence-electron chi connectivity index (χ4n) is 4.22. The van der Waals surface area contributed by atoms with Gasteiger partial charge in [0, 0.05) is 6.42 Å². The highest BCUT2D eigenvalue weighted by molar-refractivity contribution is 7.80. The summed E-state index contributed by atoms with van der Waals surface area (Å²) >= 11 is 0. The van der Waals surface area contributed by atoms with Gasteiger partial charge in [-0.2, -0.15) is 0 Å². The Bertz CT molecular complexity index is 635. The van der Waals surface area contributed by atoms with Crippen LogP contribution in [0.5, 0.6) is 0 Å². The third-order valence-corrected chi connectivity index (χ3v) is 6.57. The Morgan fingerprint density at radius 1 is 0.941 bits per heavy atom. The van der Waals surface area contributed by atoms with Crippen molar-refractivity contribution in [2.75, 3.05) is 39.4 Å². The lowest BCUT2D eigenvalue weighted by Crippen LogP contribution is -2.30. The first-order valence-electron chi connectivity index (χ1n) is 13.6. The van der Waals surface area contributed by atoms with Gasteiger partial charge in [0.25, 0.3) is 0 Å². The minimum absolute atomic E-state index is 0.0914.